The van der Waals surface area contributed by atoms with E-state index in [-0.39, 0.29) is 0 Å². The predicted octanol–water partition coefficient (Wildman–Crippen LogP) is 3.88. The number of hydrogen-bond donors (Lipinski definition) is 0. The average Bonchev–Trinajstić information content (AvgIpc) is 2.52. The molecule has 0 aliphatic heterocycles. The molecule has 0 bridgehead atoms. The lowest BCUT2D eigenvalue weighted by molar-refractivity contribution is 0.104. The lowest BCUT2D eigenvalue weighted by Crippen LogP contribution is -2.02. The zero-order chi connectivity index (χ0) is 16.1. The van der Waals surface area contributed by atoms with Crippen molar-refractivity contribution in [2.45, 2.75) is 0 Å². The molecule has 2 aromatic rings. The van der Waals surface area contributed by atoms with Crippen LogP contribution < -0.4 is 9.47 Å². The topological polar surface area (TPSA) is 35.5 Å². The highest BCUT2D eigenvalue weighted by molar-refractivity contribution is 6.07. The number of benzene rings is 2. The second kappa shape index (κ2) is 6.85. The Morgan fingerprint density at radius 1 is 1.00 bits per heavy atom. The molecule has 22 heavy (non-hydrogen) atoms. The summed E-state index contributed by atoms with van der Waals surface area (Å²) in [5, 5.41) is 0. The van der Waals surface area contributed by atoms with Crippen molar-refractivity contribution in [3.8, 4) is 11.5 Å². The summed E-state index contributed by atoms with van der Waals surface area (Å²) < 4.78 is 37.3. The molecule has 0 saturated carbocycles. The van der Waals surface area contributed by atoms with E-state index in [2.05, 4.69) is 0 Å². The van der Waals surface area contributed by atoms with Crippen LogP contribution in [0.4, 0.5) is 8.78 Å². The Balaban J connectivity index is 2.30. The molecular weight excluding hydrogens is 290 g/mol. The molecule has 0 aromatic heterocycles. The third-order valence-corrected chi connectivity index (χ3v) is 3.01. The molecule has 0 saturated heterocycles. The number of methoxy groups -OCH3 is 2. The van der Waals surface area contributed by atoms with E-state index in [4.69, 9.17) is 9.47 Å². The van der Waals surface area contributed by atoms with Gasteiger partial charge in [0.25, 0.3) is 0 Å². The number of hydrogen-bond acceptors (Lipinski definition) is 3. The van der Waals surface area contributed by atoms with Gasteiger partial charge in [-0.25, -0.2) is 8.78 Å². The molecule has 0 aliphatic rings. The van der Waals surface area contributed by atoms with E-state index in [1.54, 1.807) is 18.2 Å². The lowest BCUT2D eigenvalue weighted by atomic mass is 10.1. The minimum atomic E-state index is -0.891. The van der Waals surface area contributed by atoms with Gasteiger partial charge in [-0.2, -0.15) is 0 Å². The highest BCUT2D eigenvalue weighted by Gasteiger charge is 2.14. The highest BCUT2D eigenvalue weighted by Crippen LogP contribution is 2.23. The summed E-state index contributed by atoms with van der Waals surface area (Å²) in [5.74, 6) is -1.44. The van der Waals surface area contributed by atoms with Gasteiger partial charge in [-0.1, -0.05) is 12.1 Å². The summed E-state index contributed by atoms with van der Waals surface area (Å²) in [4.78, 5) is 11.9. The van der Waals surface area contributed by atoms with E-state index < -0.39 is 23.0 Å². The molecule has 0 amide bonds. The Morgan fingerprint density at radius 2 is 1.55 bits per heavy atom. The van der Waals surface area contributed by atoms with Crippen LogP contribution in [0.2, 0.25) is 0 Å². The van der Waals surface area contributed by atoms with Gasteiger partial charge in [0, 0.05) is 6.07 Å². The molecule has 114 valence electrons. The molecule has 0 fully saturated rings. The molecule has 5 heteroatoms. The summed E-state index contributed by atoms with van der Waals surface area (Å²) in [6, 6.07) is 8.30. The van der Waals surface area contributed by atoms with E-state index in [1.165, 1.54) is 26.4 Å². The van der Waals surface area contributed by atoms with Crippen LogP contribution in [-0.2, 0) is 0 Å². The monoisotopic (exact) mass is 304 g/mol. The minimum absolute atomic E-state index is 0.545. The summed E-state index contributed by atoms with van der Waals surface area (Å²) in [7, 11) is 3.00. The number of ether oxygens (including phenoxy) is 2. The molecule has 0 heterocycles. The first-order valence-corrected chi connectivity index (χ1v) is 6.44. The van der Waals surface area contributed by atoms with Crippen molar-refractivity contribution in [2.75, 3.05) is 14.2 Å². The van der Waals surface area contributed by atoms with Gasteiger partial charge in [0.2, 0.25) is 0 Å². The first-order valence-electron chi connectivity index (χ1n) is 6.44. The van der Waals surface area contributed by atoms with Crippen LogP contribution in [0.1, 0.15) is 15.9 Å². The second-order valence-corrected chi connectivity index (χ2v) is 4.44. The van der Waals surface area contributed by atoms with Gasteiger partial charge in [-0.05, 0) is 35.9 Å². The first-order chi connectivity index (χ1) is 10.5. The van der Waals surface area contributed by atoms with Crippen molar-refractivity contribution in [1.82, 2.24) is 0 Å². The van der Waals surface area contributed by atoms with E-state index >= 15 is 0 Å². The number of carbonyl (C=O) groups is 1. The molecule has 2 rings (SSSR count). The number of halogens is 2. The quantitative estimate of drug-likeness (QED) is 0.621. The molecule has 0 radical (unpaired) electrons. The van der Waals surface area contributed by atoms with Crippen LogP contribution in [-0.4, -0.2) is 20.0 Å². The van der Waals surface area contributed by atoms with E-state index in [9.17, 15) is 13.6 Å². The Bertz CT molecular complexity index is 681. The smallest absolute Gasteiger partial charge is 0.191 e. The van der Waals surface area contributed by atoms with Crippen LogP contribution in [0.5, 0.6) is 11.5 Å². The van der Waals surface area contributed by atoms with Gasteiger partial charge >= 0.3 is 0 Å². The van der Waals surface area contributed by atoms with Gasteiger partial charge in [-0.15, -0.1) is 0 Å². The Hall–Kier alpha value is -2.69. The Labute approximate surface area is 126 Å². The van der Waals surface area contributed by atoms with E-state index in [1.807, 2.05) is 0 Å². The molecule has 0 atom stereocenters. The van der Waals surface area contributed by atoms with Crippen LogP contribution >= 0.6 is 0 Å². The predicted molar refractivity (Wildman–Crippen MR) is 79.3 cm³/mol. The average molecular weight is 304 g/mol. The highest BCUT2D eigenvalue weighted by atomic mass is 19.1. The van der Waals surface area contributed by atoms with Crippen molar-refractivity contribution < 1.29 is 23.0 Å². The zero-order valence-corrected chi connectivity index (χ0v) is 12.1. The van der Waals surface area contributed by atoms with Crippen molar-refractivity contribution in [2.24, 2.45) is 0 Å². The summed E-state index contributed by atoms with van der Waals surface area (Å²) in [5.41, 5.74) is 0.0370. The fourth-order valence-electron chi connectivity index (χ4n) is 1.91. The van der Waals surface area contributed by atoms with Crippen LogP contribution in [0.25, 0.3) is 6.08 Å². The SMILES string of the molecule is COc1cc(/C=C/C(=O)c2c(F)cccc2F)cc(OC)c1. The third kappa shape index (κ3) is 3.49. The van der Waals surface area contributed by atoms with E-state index in [0.29, 0.717) is 17.1 Å². The van der Waals surface area contributed by atoms with Crippen LogP contribution in [0.15, 0.2) is 42.5 Å². The van der Waals surface area contributed by atoms with Crippen molar-refractivity contribution in [1.29, 1.82) is 0 Å². The fourth-order valence-corrected chi connectivity index (χ4v) is 1.91. The van der Waals surface area contributed by atoms with Crippen molar-refractivity contribution >= 4 is 11.9 Å². The van der Waals surface area contributed by atoms with Gasteiger partial charge in [-0.3, -0.25) is 4.79 Å². The summed E-state index contributed by atoms with van der Waals surface area (Å²) >= 11 is 0. The lowest BCUT2D eigenvalue weighted by Gasteiger charge is -2.05. The van der Waals surface area contributed by atoms with Gasteiger partial charge in [0.15, 0.2) is 5.78 Å². The maximum atomic E-state index is 13.5. The van der Waals surface area contributed by atoms with E-state index in [0.717, 1.165) is 18.2 Å². The minimum Gasteiger partial charge on any atom is -0.497 e. The number of rotatable bonds is 5. The molecular formula is C17H14F2O3. The maximum Gasteiger partial charge on any atom is 0.191 e. The van der Waals surface area contributed by atoms with Gasteiger partial charge < -0.3 is 9.47 Å². The Morgan fingerprint density at radius 3 is 2.05 bits per heavy atom. The summed E-state index contributed by atoms with van der Waals surface area (Å²) in [6.07, 6.45) is 2.55. The molecule has 0 N–H and O–H groups in total. The molecule has 0 unspecified atom stereocenters. The normalized spacial score (nSPS) is 10.7. The maximum absolute atomic E-state index is 13.5. The molecule has 0 spiro atoms. The summed E-state index contributed by atoms with van der Waals surface area (Å²) in [6.45, 7) is 0. The number of carbonyl (C=O) groups excluding carboxylic acids is 1. The van der Waals surface area contributed by atoms with Crippen molar-refractivity contribution in [3.05, 3.63) is 65.2 Å². The van der Waals surface area contributed by atoms with Crippen LogP contribution in [0.3, 0.4) is 0 Å². The van der Waals surface area contributed by atoms with Crippen LogP contribution in [0, 0.1) is 11.6 Å². The second-order valence-electron chi connectivity index (χ2n) is 4.44. The Kier molecular flexibility index (Phi) is 4.88. The first kappa shape index (κ1) is 15.7. The molecule has 2 aromatic carbocycles. The largest absolute Gasteiger partial charge is 0.497 e. The number of allylic oxidation sites excluding steroid dienone is 1. The van der Waals surface area contributed by atoms with Crippen molar-refractivity contribution in [3.63, 3.8) is 0 Å². The number of ketones is 1. The van der Waals surface area contributed by atoms with Gasteiger partial charge in [0.05, 0.1) is 19.8 Å². The molecule has 3 nitrogen and oxygen atoms in total. The zero-order valence-electron chi connectivity index (χ0n) is 12.1. The molecule has 0 aliphatic carbocycles. The standard InChI is InChI=1S/C17H14F2O3/c1-21-12-8-11(9-13(10-12)22-2)6-7-16(20)17-14(18)4-3-5-15(17)19/h3-10H,1-2H3/b7-6+. The third-order valence-electron chi connectivity index (χ3n) is 3.01. The fraction of sp³-hybridized carbons (Fsp3) is 0.118. The van der Waals surface area contributed by atoms with Gasteiger partial charge in [0.1, 0.15) is 23.1 Å².